The third-order valence-corrected chi connectivity index (χ3v) is 0. The van der Waals surface area contributed by atoms with Crippen molar-refractivity contribution < 1.29 is 0 Å². The summed E-state index contributed by atoms with van der Waals surface area (Å²) >= 11 is 0. The lowest BCUT2D eigenvalue weighted by Crippen LogP contribution is -1.81. The SMILES string of the molecule is CC.CC.CCC.N=CN. The van der Waals surface area contributed by atoms with Crippen LogP contribution < -0.4 is 5.73 Å². The first kappa shape index (κ1) is 22.7. The molecule has 0 spiro atoms. The van der Waals surface area contributed by atoms with E-state index in [1.807, 2.05) is 27.7 Å². The molecule has 10 heavy (non-hydrogen) atoms. The van der Waals surface area contributed by atoms with Gasteiger partial charge in [-0.05, 0) is 0 Å². The van der Waals surface area contributed by atoms with E-state index in [0.717, 1.165) is 6.34 Å². The van der Waals surface area contributed by atoms with E-state index in [-0.39, 0.29) is 0 Å². The maximum Gasteiger partial charge on any atom is 0.0765 e. The van der Waals surface area contributed by atoms with E-state index in [4.69, 9.17) is 5.41 Å². The van der Waals surface area contributed by atoms with Crippen LogP contribution in [0, 0.1) is 5.41 Å². The molecule has 0 unspecified atom stereocenters. The fourth-order valence-corrected chi connectivity index (χ4v) is 0. The maximum absolute atomic E-state index is 5.86. The van der Waals surface area contributed by atoms with Crippen LogP contribution in [0.4, 0.5) is 0 Å². The van der Waals surface area contributed by atoms with Crippen molar-refractivity contribution in [2.24, 2.45) is 5.73 Å². The highest BCUT2D eigenvalue weighted by Gasteiger charge is 1.35. The Morgan fingerprint density at radius 1 is 1.10 bits per heavy atom. The van der Waals surface area contributed by atoms with Gasteiger partial charge in [-0.1, -0.05) is 48.0 Å². The summed E-state index contributed by atoms with van der Waals surface area (Å²) in [5.41, 5.74) is 4.39. The predicted octanol–water partition coefficient (Wildman–Crippen LogP) is 3.02. The fourth-order valence-electron chi connectivity index (χ4n) is 0. The van der Waals surface area contributed by atoms with Crippen LogP contribution in [0.25, 0.3) is 0 Å². The van der Waals surface area contributed by atoms with Crippen LogP contribution in [-0.4, -0.2) is 6.34 Å². The van der Waals surface area contributed by atoms with Crippen LogP contribution in [0.5, 0.6) is 0 Å². The monoisotopic (exact) mass is 148 g/mol. The first-order chi connectivity index (χ1) is 4.83. The van der Waals surface area contributed by atoms with Gasteiger partial charge in [0.2, 0.25) is 0 Å². The molecule has 0 heterocycles. The van der Waals surface area contributed by atoms with Crippen molar-refractivity contribution in [3.8, 4) is 0 Å². The van der Waals surface area contributed by atoms with Crippen molar-refractivity contribution in [1.82, 2.24) is 0 Å². The molecular weight excluding hydrogens is 124 g/mol. The Bertz CT molecular complexity index is 21.2. The minimum Gasteiger partial charge on any atom is -0.390 e. The topological polar surface area (TPSA) is 49.9 Å². The summed E-state index contributed by atoms with van der Waals surface area (Å²) in [6.45, 7) is 12.2. The number of nitrogens with one attached hydrogen (secondary N) is 1. The summed E-state index contributed by atoms with van der Waals surface area (Å²) in [4.78, 5) is 0. The molecule has 0 aromatic rings. The van der Waals surface area contributed by atoms with E-state index in [2.05, 4.69) is 19.6 Å². The van der Waals surface area contributed by atoms with Crippen LogP contribution in [0.15, 0.2) is 0 Å². The molecule has 0 atom stereocenters. The third kappa shape index (κ3) is 1110. The van der Waals surface area contributed by atoms with Crippen LogP contribution in [0.3, 0.4) is 0 Å². The largest absolute Gasteiger partial charge is 0.390 e. The molecular formula is C8H24N2. The molecule has 2 heteroatoms. The molecule has 0 bridgehead atoms. The van der Waals surface area contributed by atoms with Crippen molar-refractivity contribution in [2.45, 2.75) is 48.0 Å². The van der Waals surface area contributed by atoms with E-state index in [1.165, 1.54) is 6.42 Å². The third-order valence-electron chi connectivity index (χ3n) is 0. The molecule has 0 fully saturated rings. The van der Waals surface area contributed by atoms with E-state index in [0.29, 0.717) is 0 Å². The molecule has 0 saturated carbocycles. The van der Waals surface area contributed by atoms with Gasteiger partial charge in [-0.15, -0.1) is 0 Å². The average molecular weight is 148 g/mol. The molecule has 0 aliphatic heterocycles. The van der Waals surface area contributed by atoms with Crippen molar-refractivity contribution >= 4 is 6.34 Å². The van der Waals surface area contributed by atoms with Gasteiger partial charge in [0.25, 0.3) is 0 Å². The molecule has 0 aromatic heterocycles. The number of nitrogens with two attached hydrogens (primary N) is 1. The maximum atomic E-state index is 5.86. The highest BCUT2D eigenvalue weighted by Crippen LogP contribution is 1.56. The van der Waals surface area contributed by atoms with Gasteiger partial charge in [-0.3, -0.25) is 5.41 Å². The van der Waals surface area contributed by atoms with Crippen molar-refractivity contribution in [2.75, 3.05) is 0 Å². The van der Waals surface area contributed by atoms with Gasteiger partial charge in [0, 0.05) is 0 Å². The van der Waals surface area contributed by atoms with Crippen LogP contribution in [0.1, 0.15) is 48.0 Å². The summed E-state index contributed by atoms with van der Waals surface area (Å²) < 4.78 is 0. The predicted molar refractivity (Wildman–Crippen MR) is 51.6 cm³/mol. The van der Waals surface area contributed by atoms with Gasteiger partial charge in [-0.25, -0.2) is 0 Å². The van der Waals surface area contributed by atoms with Crippen molar-refractivity contribution in [1.29, 1.82) is 5.41 Å². The lowest BCUT2D eigenvalue weighted by Gasteiger charge is -1.48. The van der Waals surface area contributed by atoms with Gasteiger partial charge >= 0.3 is 0 Å². The summed E-state index contributed by atoms with van der Waals surface area (Å²) in [6.07, 6.45) is 2.00. The molecule has 0 rings (SSSR count). The summed E-state index contributed by atoms with van der Waals surface area (Å²) in [7, 11) is 0. The van der Waals surface area contributed by atoms with Crippen LogP contribution >= 0.6 is 0 Å². The molecule has 0 aromatic carbocycles. The fraction of sp³-hybridized carbons (Fsp3) is 0.875. The molecule has 0 amide bonds. The summed E-state index contributed by atoms with van der Waals surface area (Å²) in [5.74, 6) is 0. The first-order valence-corrected chi connectivity index (χ1v) is 4.04. The second-order valence-corrected chi connectivity index (χ2v) is 0.874. The van der Waals surface area contributed by atoms with Crippen LogP contribution in [0.2, 0.25) is 0 Å². The molecule has 0 aliphatic carbocycles. The van der Waals surface area contributed by atoms with Crippen LogP contribution in [-0.2, 0) is 0 Å². The minimum atomic E-state index is 0.750. The molecule has 0 saturated heterocycles. The lowest BCUT2D eigenvalue weighted by atomic mass is 10.6. The van der Waals surface area contributed by atoms with E-state index in [1.54, 1.807) is 0 Å². The zero-order chi connectivity index (χ0) is 9.41. The highest BCUT2D eigenvalue weighted by molar-refractivity contribution is 5.46. The smallest absolute Gasteiger partial charge is 0.0765 e. The van der Waals surface area contributed by atoms with E-state index in [9.17, 15) is 0 Å². The van der Waals surface area contributed by atoms with Crippen molar-refractivity contribution in [3.05, 3.63) is 0 Å². The van der Waals surface area contributed by atoms with Gasteiger partial charge in [0.1, 0.15) is 0 Å². The van der Waals surface area contributed by atoms with Gasteiger partial charge in [-0.2, -0.15) is 0 Å². The highest BCUT2D eigenvalue weighted by atomic mass is 14.6. The first-order valence-electron chi connectivity index (χ1n) is 4.04. The average Bonchev–Trinajstić information content (AvgIpc) is 1.99. The quantitative estimate of drug-likeness (QED) is 0.402. The standard InChI is InChI=1S/C3H8.2C2H6.CH4N2/c1-3-2;2*1-2;2-1-3/h3H2,1-2H3;2*1-2H3;1H,(H3,2,3). The lowest BCUT2D eigenvalue weighted by molar-refractivity contribution is 1.09. The normalized spacial score (nSPS) is 4.20. The zero-order valence-electron chi connectivity index (χ0n) is 8.36. The Labute approximate surface area is 66.3 Å². The second kappa shape index (κ2) is 219. The molecule has 66 valence electrons. The van der Waals surface area contributed by atoms with E-state index < -0.39 is 0 Å². The Kier molecular flexibility index (Phi) is 497. The molecule has 0 radical (unpaired) electrons. The van der Waals surface area contributed by atoms with Gasteiger partial charge < -0.3 is 5.73 Å². The number of hydrogen-bond acceptors (Lipinski definition) is 1. The second-order valence-electron chi connectivity index (χ2n) is 0.874. The Morgan fingerprint density at radius 2 is 1.10 bits per heavy atom. The Balaban J connectivity index is -0.0000000246. The summed E-state index contributed by atoms with van der Waals surface area (Å²) in [6, 6.07) is 0. The number of rotatable bonds is 0. The summed E-state index contributed by atoms with van der Waals surface area (Å²) in [5, 5.41) is 5.86. The molecule has 2 nitrogen and oxygen atoms in total. The van der Waals surface area contributed by atoms with E-state index >= 15 is 0 Å². The minimum absolute atomic E-state index is 0.750. The van der Waals surface area contributed by atoms with Gasteiger partial charge in [0.15, 0.2) is 0 Å². The molecule has 0 aliphatic rings. The Morgan fingerprint density at radius 3 is 1.10 bits per heavy atom. The molecule has 3 N–H and O–H groups in total. The zero-order valence-corrected chi connectivity index (χ0v) is 8.36. The Hall–Kier alpha value is -0.530. The van der Waals surface area contributed by atoms with Gasteiger partial charge in [0.05, 0.1) is 6.34 Å². The number of hydrogen-bond donors (Lipinski definition) is 2. The van der Waals surface area contributed by atoms with Crippen molar-refractivity contribution in [3.63, 3.8) is 0 Å².